The van der Waals surface area contributed by atoms with Crippen molar-refractivity contribution in [3.8, 4) is 0 Å². The third-order valence-corrected chi connectivity index (χ3v) is 2.69. The zero-order valence-electron chi connectivity index (χ0n) is 9.81. The normalized spacial score (nSPS) is 11.7. The summed E-state index contributed by atoms with van der Waals surface area (Å²) in [5.74, 6) is -0.539. The molecule has 4 nitrogen and oxygen atoms in total. The van der Waals surface area contributed by atoms with E-state index in [9.17, 15) is 9.59 Å². The van der Waals surface area contributed by atoms with Crippen molar-refractivity contribution in [2.24, 2.45) is 0 Å². The Morgan fingerprint density at radius 2 is 1.88 bits per heavy atom. The lowest BCUT2D eigenvalue weighted by molar-refractivity contribution is -0.130. The average Bonchev–Trinajstić information content (AvgIpc) is 2.35. The molecule has 92 valence electrons. The Labute approximate surface area is 106 Å². The fourth-order valence-corrected chi connectivity index (χ4v) is 1.41. The first kappa shape index (κ1) is 13.5. The van der Waals surface area contributed by atoms with Crippen LogP contribution in [0.5, 0.6) is 0 Å². The molecular weight excluding hydrogens is 240 g/mol. The number of rotatable bonds is 4. The largest absolute Gasteiger partial charge is 0.347 e. The first-order valence-electron chi connectivity index (χ1n) is 5.19. The summed E-state index contributed by atoms with van der Waals surface area (Å²) in [6.07, 6.45) is 0. The number of halogens is 1. The fraction of sp³-hybridized carbons (Fsp3) is 0.333. The Bertz CT molecular complexity index is 393. The maximum atomic E-state index is 11.7. The lowest BCUT2D eigenvalue weighted by Crippen LogP contribution is -2.37. The van der Waals surface area contributed by atoms with Crippen LogP contribution in [0.1, 0.15) is 10.9 Å². The first-order valence-corrected chi connectivity index (χ1v) is 5.63. The maximum Gasteiger partial charge on any atom is 0.243 e. The van der Waals surface area contributed by atoms with Crippen molar-refractivity contribution < 1.29 is 9.59 Å². The van der Waals surface area contributed by atoms with Crippen molar-refractivity contribution in [1.29, 1.82) is 0 Å². The Kier molecular flexibility index (Phi) is 4.97. The van der Waals surface area contributed by atoms with Gasteiger partial charge in [-0.15, -0.1) is 11.6 Å². The van der Waals surface area contributed by atoms with Crippen LogP contribution in [0.2, 0.25) is 0 Å². The Hall–Kier alpha value is -1.55. The molecule has 0 bridgehead atoms. The Morgan fingerprint density at radius 3 is 2.41 bits per heavy atom. The monoisotopic (exact) mass is 254 g/mol. The van der Waals surface area contributed by atoms with Crippen molar-refractivity contribution in [3.63, 3.8) is 0 Å². The number of carbonyl (C=O) groups excluding carboxylic acids is 2. The van der Waals surface area contributed by atoms with Crippen molar-refractivity contribution in [2.45, 2.75) is 5.38 Å². The topological polar surface area (TPSA) is 49.4 Å². The molecule has 0 aromatic heterocycles. The number of carbonyl (C=O) groups is 2. The molecule has 0 aliphatic heterocycles. The number of nitrogens with zero attached hydrogens (tertiary/aromatic N) is 1. The van der Waals surface area contributed by atoms with Gasteiger partial charge in [0.05, 0.1) is 6.54 Å². The van der Waals surface area contributed by atoms with Gasteiger partial charge in [0, 0.05) is 14.1 Å². The molecule has 1 rings (SSSR count). The summed E-state index contributed by atoms with van der Waals surface area (Å²) in [5.41, 5.74) is 0.712. The van der Waals surface area contributed by atoms with Crippen LogP contribution in [-0.2, 0) is 9.59 Å². The minimum atomic E-state index is -0.772. The fourth-order valence-electron chi connectivity index (χ4n) is 1.18. The van der Waals surface area contributed by atoms with Gasteiger partial charge in [0.25, 0.3) is 0 Å². The molecule has 0 spiro atoms. The average molecular weight is 255 g/mol. The predicted molar refractivity (Wildman–Crippen MR) is 66.7 cm³/mol. The van der Waals surface area contributed by atoms with Gasteiger partial charge in [-0.1, -0.05) is 30.3 Å². The number of benzene rings is 1. The third kappa shape index (κ3) is 4.07. The summed E-state index contributed by atoms with van der Waals surface area (Å²) in [6, 6.07) is 9.00. The van der Waals surface area contributed by atoms with E-state index in [1.807, 2.05) is 18.2 Å². The molecule has 0 saturated carbocycles. The smallest absolute Gasteiger partial charge is 0.243 e. The summed E-state index contributed by atoms with van der Waals surface area (Å²) in [6.45, 7) is -0.0398. The van der Waals surface area contributed by atoms with Crippen LogP contribution in [0.25, 0.3) is 0 Å². The van der Waals surface area contributed by atoms with Gasteiger partial charge in [0.1, 0.15) is 5.38 Å². The second-order valence-corrected chi connectivity index (χ2v) is 4.22. The minimum Gasteiger partial charge on any atom is -0.347 e. The Balaban J connectivity index is 2.51. The van der Waals surface area contributed by atoms with E-state index in [2.05, 4.69) is 5.32 Å². The molecule has 17 heavy (non-hydrogen) atoms. The van der Waals surface area contributed by atoms with Gasteiger partial charge in [0.2, 0.25) is 11.8 Å². The lowest BCUT2D eigenvalue weighted by atomic mass is 10.1. The van der Waals surface area contributed by atoms with Crippen LogP contribution >= 0.6 is 11.6 Å². The SMILES string of the molecule is CN(C)C(=O)CNC(=O)C(Cl)c1ccccc1. The highest BCUT2D eigenvalue weighted by Crippen LogP contribution is 2.19. The summed E-state index contributed by atoms with van der Waals surface area (Å²) in [4.78, 5) is 24.3. The molecule has 2 amide bonds. The quantitative estimate of drug-likeness (QED) is 0.820. The maximum absolute atomic E-state index is 11.7. The Morgan fingerprint density at radius 1 is 1.29 bits per heavy atom. The number of alkyl halides is 1. The minimum absolute atomic E-state index is 0.0398. The third-order valence-electron chi connectivity index (χ3n) is 2.24. The van der Waals surface area contributed by atoms with Crippen LogP contribution in [-0.4, -0.2) is 37.4 Å². The molecule has 1 N–H and O–H groups in total. The standard InChI is InChI=1S/C12H15ClN2O2/c1-15(2)10(16)8-14-12(17)11(13)9-6-4-3-5-7-9/h3-7,11H,8H2,1-2H3,(H,14,17). The van der Waals surface area contributed by atoms with Gasteiger partial charge in [-0.2, -0.15) is 0 Å². The van der Waals surface area contributed by atoms with E-state index in [4.69, 9.17) is 11.6 Å². The molecule has 0 heterocycles. The van der Waals surface area contributed by atoms with Gasteiger partial charge >= 0.3 is 0 Å². The highest BCUT2D eigenvalue weighted by atomic mass is 35.5. The van der Waals surface area contributed by atoms with E-state index in [-0.39, 0.29) is 18.4 Å². The van der Waals surface area contributed by atoms with E-state index in [1.54, 1.807) is 26.2 Å². The molecule has 5 heteroatoms. The van der Waals surface area contributed by atoms with Crippen LogP contribution in [0, 0.1) is 0 Å². The summed E-state index contributed by atoms with van der Waals surface area (Å²) in [5, 5.41) is 1.73. The summed E-state index contributed by atoms with van der Waals surface area (Å²) < 4.78 is 0. The second-order valence-electron chi connectivity index (χ2n) is 3.78. The molecule has 0 saturated heterocycles. The molecule has 1 unspecified atom stereocenters. The zero-order valence-corrected chi connectivity index (χ0v) is 10.6. The highest BCUT2D eigenvalue weighted by Gasteiger charge is 2.17. The summed E-state index contributed by atoms with van der Waals surface area (Å²) in [7, 11) is 3.26. The molecule has 0 aliphatic carbocycles. The van der Waals surface area contributed by atoms with Crippen molar-refractivity contribution in [1.82, 2.24) is 10.2 Å². The highest BCUT2D eigenvalue weighted by molar-refractivity contribution is 6.30. The van der Waals surface area contributed by atoms with Crippen LogP contribution in [0.3, 0.4) is 0 Å². The van der Waals surface area contributed by atoms with Crippen molar-refractivity contribution in [2.75, 3.05) is 20.6 Å². The van der Waals surface area contributed by atoms with Crippen LogP contribution < -0.4 is 5.32 Å². The second kappa shape index (κ2) is 6.25. The number of hydrogen-bond donors (Lipinski definition) is 1. The summed E-state index contributed by atoms with van der Waals surface area (Å²) >= 11 is 5.98. The van der Waals surface area contributed by atoms with E-state index >= 15 is 0 Å². The molecule has 0 radical (unpaired) electrons. The number of amides is 2. The molecule has 1 atom stereocenters. The van der Waals surface area contributed by atoms with E-state index in [1.165, 1.54) is 4.90 Å². The van der Waals surface area contributed by atoms with Gasteiger partial charge in [-0.05, 0) is 5.56 Å². The van der Waals surface area contributed by atoms with Crippen LogP contribution in [0.15, 0.2) is 30.3 Å². The molecule has 1 aromatic rings. The van der Waals surface area contributed by atoms with Gasteiger partial charge in [-0.3, -0.25) is 9.59 Å². The number of hydrogen-bond acceptors (Lipinski definition) is 2. The van der Waals surface area contributed by atoms with Crippen molar-refractivity contribution in [3.05, 3.63) is 35.9 Å². The molecule has 1 aromatic carbocycles. The molecular formula is C12H15ClN2O2. The van der Waals surface area contributed by atoms with Gasteiger partial charge < -0.3 is 10.2 Å². The van der Waals surface area contributed by atoms with Gasteiger partial charge in [0.15, 0.2) is 0 Å². The van der Waals surface area contributed by atoms with Crippen LogP contribution in [0.4, 0.5) is 0 Å². The van der Waals surface area contributed by atoms with E-state index in [0.717, 1.165) is 0 Å². The van der Waals surface area contributed by atoms with E-state index in [0.29, 0.717) is 5.56 Å². The first-order chi connectivity index (χ1) is 8.02. The zero-order chi connectivity index (χ0) is 12.8. The lowest BCUT2D eigenvalue weighted by Gasteiger charge is -2.13. The number of likely N-dealkylation sites (N-methyl/N-ethyl adjacent to an activating group) is 1. The molecule has 0 aliphatic rings. The predicted octanol–water partition coefficient (Wildman–Crippen LogP) is 1.17. The molecule has 0 fully saturated rings. The van der Waals surface area contributed by atoms with Gasteiger partial charge in [-0.25, -0.2) is 0 Å². The van der Waals surface area contributed by atoms with E-state index < -0.39 is 5.38 Å². The van der Waals surface area contributed by atoms with Crippen molar-refractivity contribution >= 4 is 23.4 Å². The number of nitrogens with one attached hydrogen (secondary N) is 1.